The minimum absolute atomic E-state index is 0.276. The first-order valence-electron chi connectivity index (χ1n) is 11.8. The highest BCUT2D eigenvalue weighted by Crippen LogP contribution is 2.27. The summed E-state index contributed by atoms with van der Waals surface area (Å²) in [5.74, 6) is -0.892. The fourth-order valence-electron chi connectivity index (χ4n) is 4.55. The molecule has 174 valence electrons. The van der Waals surface area contributed by atoms with Crippen molar-refractivity contribution >= 4 is 29.1 Å². The average molecular weight is 449 g/mol. The third kappa shape index (κ3) is 4.64. The van der Waals surface area contributed by atoms with Crippen LogP contribution in [0.25, 0.3) is 0 Å². The van der Waals surface area contributed by atoms with Crippen LogP contribution in [0.3, 0.4) is 0 Å². The number of likely N-dealkylation sites (N-methyl/N-ethyl adjacent to an activating group) is 1. The molecule has 2 aliphatic heterocycles. The lowest BCUT2D eigenvalue weighted by Crippen LogP contribution is -2.46. The number of rotatable bonds is 7. The molecule has 2 heterocycles. The van der Waals surface area contributed by atoms with Crippen LogP contribution in [-0.2, 0) is 0 Å². The van der Waals surface area contributed by atoms with Gasteiger partial charge >= 0.3 is 0 Å². The second-order valence-electron chi connectivity index (χ2n) is 8.75. The van der Waals surface area contributed by atoms with E-state index in [4.69, 9.17) is 0 Å². The number of piperazine rings is 1. The molecule has 0 bridgehead atoms. The predicted molar refractivity (Wildman–Crippen MR) is 130 cm³/mol. The third-order valence-electron chi connectivity index (χ3n) is 6.58. The number of fused-ring (bicyclic) bond motifs is 1. The monoisotopic (exact) mass is 448 g/mol. The topological polar surface area (TPSA) is 73.0 Å². The Morgan fingerprint density at radius 3 is 2.33 bits per heavy atom. The molecule has 2 aromatic carbocycles. The Morgan fingerprint density at radius 1 is 0.939 bits per heavy atom. The van der Waals surface area contributed by atoms with Crippen LogP contribution in [0.4, 0.5) is 11.4 Å². The van der Waals surface area contributed by atoms with Crippen LogP contribution in [0, 0.1) is 6.92 Å². The number of amides is 3. The van der Waals surface area contributed by atoms with Gasteiger partial charge < -0.3 is 15.1 Å². The molecular weight excluding hydrogens is 416 g/mol. The molecule has 4 rings (SSSR count). The zero-order valence-corrected chi connectivity index (χ0v) is 19.7. The number of anilines is 2. The molecule has 2 aromatic rings. The summed E-state index contributed by atoms with van der Waals surface area (Å²) in [4.78, 5) is 44.2. The molecular formula is C26H32N4O3. The number of nitrogens with one attached hydrogen (secondary N) is 1. The highest BCUT2D eigenvalue weighted by molar-refractivity contribution is 6.22. The summed E-state index contributed by atoms with van der Waals surface area (Å²) in [5.41, 5.74) is 4.06. The largest absolute Gasteiger partial charge is 0.369 e. The van der Waals surface area contributed by atoms with Gasteiger partial charge in [-0.25, -0.2) is 0 Å². The fourth-order valence-corrected chi connectivity index (χ4v) is 4.55. The van der Waals surface area contributed by atoms with Gasteiger partial charge in [0.05, 0.1) is 11.1 Å². The number of hydrogen-bond donors (Lipinski definition) is 1. The van der Waals surface area contributed by atoms with Gasteiger partial charge in [-0.3, -0.25) is 19.3 Å². The van der Waals surface area contributed by atoms with Crippen molar-refractivity contribution in [3.05, 3.63) is 58.7 Å². The van der Waals surface area contributed by atoms with Crippen molar-refractivity contribution in [2.24, 2.45) is 0 Å². The Hall–Kier alpha value is -3.19. The van der Waals surface area contributed by atoms with Crippen LogP contribution in [-0.4, -0.2) is 66.8 Å². The Bertz CT molecular complexity index is 1070. The SMILES string of the molecule is CCCCN1C(=O)c2ccc(C(=O)Nc3ccc(N4CCN(CC)CC4)c(C)c3)cc2C1=O. The molecule has 0 spiro atoms. The maximum atomic E-state index is 12.9. The van der Waals surface area contributed by atoms with Crippen LogP contribution in [0.1, 0.15) is 63.3 Å². The highest BCUT2D eigenvalue weighted by Gasteiger charge is 2.35. The first-order chi connectivity index (χ1) is 15.9. The molecule has 0 aromatic heterocycles. The van der Waals surface area contributed by atoms with E-state index in [2.05, 4.69) is 35.0 Å². The minimum atomic E-state index is -0.318. The number of imide groups is 1. The fraction of sp³-hybridized carbons (Fsp3) is 0.423. The van der Waals surface area contributed by atoms with Crippen molar-refractivity contribution in [3.8, 4) is 0 Å². The maximum absolute atomic E-state index is 12.9. The Balaban J connectivity index is 1.45. The van der Waals surface area contributed by atoms with Crippen LogP contribution < -0.4 is 10.2 Å². The van der Waals surface area contributed by atoms with Gasteiger partial charge in [0.15, 0.2) is 0 Å². The zero-order chi connectivity index (χ0) is 23.5. The summed E-state index contributed by atoms with van der Waals surface area (Å²) < 4.78 is 0. The molecule has 0 atom stereocenters. The van der Waals surface area contributed by atoms with Gasteiger partial charge in [-0.05, 0) is 61.9 Å². The summed E-state index contributed by atoms with van der Waals surface area (Å²) >= 11 is 0. The maximum Gasteiger partial charge on any atom is 0.261 e. The van der Waals surface area contributed by atoms with Gasteiger partial charge in [0.25, 0.3) is 17.7 Å². The molecule has 2 aliphatic rings. The number of unbranched alkanes of at least 4 members (excludes halogenated alkanes) is 1. The molecule has 0 aliphatic carbocycles. The van der Waals surface area contributed by atoms with E-state index in [1.165, 1.54) is 16.7 Å². The number of carbonyl (C=O) groups excluding carboxylic acids is 3. The van der Waals surface area contributed by atoms with E-state index in [0.717, 1.165) is 51.1 Å². The molecule has 1 N–H and O–H groups in total. The van der Waals surface area contributed by atoms with Crippen molar-refractivity contribution in [1.29, 1.82) is 0 Å². The van der Waals surface area contributed by atoms with E-state index >= 15 is 0 Å². The van der Waals surface area contributed by atoms with Gasteiger partial charge in [-0.15, -0.1) is 0 Å². The summed E-state index contributed by atoms with van der Waals surface area (Å²) in [6, 6.07) is 10.7. The molecule has 1 saturated heterocycles. The lowest BCUT2D eigenvalue weighted by atomic mass is 10.0. The number of hydrogen-bond acceptors (Lipinski definition) is 5. The summed E-state index contributed by atoms with van der Waals surface area (Å²) in [5, 5.41) is 2.93. The van der Waals surface area contributed by atoms with Crippen LogP contribution in [0.15, 0.2) is 36.4 Å². The standard InChI is InChI=1S/C26H32N4O3/c1-4-6-11-30-25(32)21-9-7-19(17-22(21)26(30)33)24(31)27-20-8-10-23(18(3)16-20)29-14-12-28(5-2)13-15-29/h7-10,16-17H,4-6,11-15H2,1-3H3,(H,27,31). The van der Waals surface area contributed by atoms with Crippen molar-refractivity contribution in [1.82, 2.24) is 9.80 Å². The van der Waals surface area contributed by atoms with E-state index < -0.39 is 0 Å². The Kier molecular flexibility index (Phi) is 6.79. The minimum Gasteiger partial charge on any atom is -0.369 e. The second-order valence-corrected chi connectivity index (χ2v) is 8.75. The van der Waals surface area contributed by atoms with Crippen LogP contribution in [0.2, 0.25) is 0 Å². The summed E-state index contributed by atoms with van der Waals surface area (Å²) in [6.45, 7) is 11.9. The van der Waals surface area contributed by atoms with E-state index in [1.807, 2.05) is 19.1 Å². The third-order valence-corrected chi connectivity index (χ3v) is 6.58. The van der Waals surface area contributed by atoms with Crippen LogP contribution in [0.5, 0.6) is 0 Å². The van der Waals surface area contributed by atoms with E-state index in [-0.39, 0.29) is 17.7 Å². The quantitative estimate of drug-likeness (QED) is 0.653. The van der Waals surface area contributed by atoms with Gasteiger partial charge in [-0.1, -0.05) is 20.3 Å². The number of benzene rings is 2. The highest BCUT2D eigenvalue weighted by atomic mass is 16.2. The first-order valence-corrected chi connectivity index (χ1v) is 11.8. The normalized spacial score (nSPS) is 16.3. The Labute approximate surface area is 195 Å². The van der Waals surface area contributed by atoms with Gasteiger partial charge in [0.1, 0.15) is 0 Å². The molecule has 1 fully saturated rings. The van der Waals surface area contributed by atoms with Gasteiger partial charge in [-0.2, -0.15) is 0 Å². The van der Waals surface area contributed by atoms with Crippen molar-refractivity contribution in [2.75, 3.05) is 49.5 Å². The lowest BCUT2D eigenvalue weighted by molar-refractivity contribution is 0.0652. The molecule has 0 saturated carbocycles. The summed E-state index contributed by atoms with van der Waals surface area (Å²) in [7, 11) is 0. The van der Waals surface area contributed by atoms with Crippen molar-refractivity contribution in [2.45, 2.75) is 33.6 Å². The zero-order valence-electron chi connectivity index (χ0n) is 19.7. The molecule has 0 unspecified atom stereocenters. The smallest absolute Gasteiger partial charge is 0.261 e. The molecule has 7 heteroatoms. The van der Waals surface area contributed by atoms with Crippen molar-refractivity contribution < 1.29 is 14.4 Å². The van der Waals surface area contributed by atoms with Crippen LogP contribution >= 0.6 is 0 Å². The Morgan fingerprint density at radius 2 is 1.67 bits per heavy atom. The summed E-state index contributed by atoms with van der Waals surface area (Å²) in [6.07, 6.45) is 1.66. The van der Waals surface area contributed by atoms with E-state index in [0.29, 0.717) is 28.9 Å². The second kappa shape index (κ2) is 9.75. The number of carbonyl (C=O) groups is 3. The lowest BCUT2D eigenvalue weighted by Gasteiger charge is -2.36. The average Bonchev–Trinajstić information content (AvgIpc) is 3.07. The number of aryl methyl sites for hydroxylation is 1. The molecule has 0 radical (unpaired) electrons. The van der Waals surface area contributed by atoms with Gasteiger partial charge in [0, 0.05) is 49.7 Å². The van der Waals surface area contributed by atoms with E-state index in [1.54, 1.807) is 12.1 Å². The molecule has 7 nitrogen and oxygen atoms in total. The first kappa shape index (κ1) is 23.0. The molecule has 3 amide bonds. The van der Waals surface area contributed by atoms with Gasteiger partial charge in [0.2, 0.25) is 0 Å². The van der Waals surface area contributed by atoms with Crippen molar-refractivity contribution in [3.63, 3.8) is 0 Å². The molecule has 33 heavy (non-hydrogen) atoms. The predicted octanol–water partition coefficient (Wildman–Crippen LogP) is 3.79. The van der Waals surface area contributed by atoms with E-state index in [9.17, 15) is 14.4 Å². The number of nitrogens with zero attached hydrogens (tertiary/aromatic N) is 3.